The number of nitro benzene ring substituents is 2. The van der Waals surface area contributed by atoms with E-state index in [2.05, 4.69) is 11.5 Å². The first-order chi connectivity index (χ1) is 32.4. The summed E-state index contributed by atoms with van der Waals surface area (Å²) in [6.45, 7) is 1.61. The Morgan fingerprint density at radius 2 is 1.18 bits per heavy atom. The van der Waals surface area contributed by atoms with Crippen LogP contribution in [-0.2, 0) is 29.4 Å². The molecule has 0 saturated carbocycles. The highest BCUT2D eigenvalue weighted by Crippen LogP contribution is 2.39. The number of hydrogen-bond acceptors (Lipinski definition) is 17. The van der Waals surface area contributed by atoms with Crippen LogP contribution < -0.4 is 49.0 Å². The fourth-order valence-corrected chi connectivity index (χ4v) is 9.33. The molecule has 356 valence electrons. The van der Waals surface area contributed by atoms with Gasteiger partial charge in [-0.2, -0.15) is 18.0 Å². The molecule has 26 heteroatoms. The van der Waals surface area contributed by atoms with Gasteiger partial charge in [0.1, 0.15) is 17.2 Å². The molecule has 1 atom stereocenters. The Balaban J connectivity index is 0.000000141. The Morgan fingerprint density at radius 3 is 1.74 bits per heavy atom. The van der Waals surface area contributed by atoms with Crippen molar-refractivity contribution in [3.63, 3.8) is 0 Å². The Bertz CT molecular complexity index is 2860. The zero-order valence-electron chi connectivity index (χ0n) is 36.6. The van der Waals surface area contributed by atoms with Crippen LogP contribution in [0.3, 0.4) is 0 Å². The molecule has 2 fully saturated rings. The minimum atomic E-state index is -3.65. The summed E-state index contributed by atoms with van der Waals surface area (Å²) in [5.41, 5.74) is 9.05. The fourth-order valence-electron chi connectivity index (χ4n) is 7.52. The molecule has 0 radical (unpaired) electrons. The lowest BCUT2D eigenvalue weighted by atomic mass is 10.2. The van der Waals surface area contributed by atoms with Gasteiger partial charge < -0.3 is 49.6 Å². The largest absolute Gasteiger partial charge is 0.481 e. The van der Waals surface area contributed by atoms with Crippen LogP contribution in [0.15, 0.2) is 72.8 Å². The van der Waals surface area contributed by atoms with Gasteiger partial charge in [-0.1, -0.05) is 0 Å². The van der Waals surface area contributed by atoms with E-state index in [1.165, 1.54) is 54.8 Å². The number of nitrogens with one attached hydrogen (secondary N) is 1. The second kappa shape index (κ2) is 19.6. The van der Waals surface area contributed by atoms with Crippen LogP contribution >= 0.6 is 0 Å². The zero-order valence-corrected chi connectivity index (χ0v) is 37.4. The second-order valence-electron chi connectivity index (χ2n) is 15.5. The lowest BCUT2D eigenvalue weighted by molar-refractivity contribution is -0.385. The van der Waals surface area contributed by atoms with E-state index in [0.29, 0.717) is 84.0 Å². The van der Waals surface area contributed by atoms with Gasteiger partial charge >= 0.3 is 10.2 Å². The van der Waals surface area contributed by atoms with Gasteiger partial charge in [0, 0.05) is 83.3 Å². The van der Waals surface area contributed by atoms with E-state index in [0.717, 1.165) is 5.69 Å². The highest BCUT2D eigenvalue weighted by atomic mass is 32.2. The van der Waals surface area contributed by atoms with E-state index in [1.54, 1.807) is 67.3 Å². The van der Waals surface area contributed by atoms with Crippen molar-refractivity contribution in [2.45, 2.75) is 12.5 Å². The number of ether oxygens (including phenoxy) is 4. The maximum Gasteiger partial charge on any atom is 0.304 e. The van der Waals surface area contributed by atoms with Crippen molar-refractivity contribution < 1.29 is 56.4 Å². The van der Waals surface area contributed by atoms with Crippen molar-refractivity contribution >= 4 is 79.3 Å². The predicted molar refractivity (Wildman–Crippen MR) is 243 cm³/mol. The molecule has 4 aromatic carbocycles. The molecule has 0 bridgehead atoms. The highest BCUT2D eigenvalue weighted by molar-refractivity contribution is 7.90. The summed E-state index contributed by atoms with van der Waals surface area (Å²) in [5, 5.41) is 32.5. The van der Waals surface area contributed by atoms with Crippen LogP contribution in [0.5, 0.6) is 23.0 Å². The van der Waals surface area contributed by atoms with Crippen molar-refractivity contribution in [1.82, 2.24) is 9.21 Å². The minimum Gasteiger partial charge on any atom is -0.481 e. The van der Waals surface area contributed by atoms with E-state index >= 15 is 0 Å². The van der Waals surface area contributed by atoms with E-state index in [9.17, 15) is 47.8 Å². The van der Waals surface area contributed by atoms with Crippen LogP contribution in [0.2, 0.25) is 0 Å². The van der Waals surface area contributed by atoms with E-state index in [4.69, 9.17) is 29.9 Å². The van der Waals surface area contributed by atoms with Gasteiger partial charge in [-0.05, 0) is 42.8 Å². The number of nitrogens with two attached hydrogens (primary N) is 1. The molecule has 25 nitrogen and oxygen atoms in total. The number of carbonyl (C=O) groups is 4. The number of amides is 4. The van der Waals surface area contributed by atoms with E-state index < -0.39 is 20.1 Å². The van der Waals surface area contributed by atoms with Crippen LogP contribution in [0.25, 0.3) is 0 Å². The summed E-state index contributed by atoms with van der Waals surface area (Å²) in [6.07, 6.45) is 2.73. The first kappa shape index (κ1) is 47.5. The molecule has 68 heavy (non-hydrogen) atoms. The summed E-state index contributed by atoms with van der Waals surface area (Å²) in [7, 11) is 1.34. The Kier molecular flexibility index (Phi) is 13.7. The number of anilines is 6. The highest BCUT2D eigenvalue weighted by Gasteiger charge is 2.43. The smallest absolute Gasteiger partial charge is 0.304 e. The third-order valence-corrected chi connectivity index (χ3v) is 13.3. The van der Waals surface area contributed by atoms with E-state index in [1.807, 2.05) is 0 Å². The zero-order chi connectivity index (χ0) is 49.0. The normalized spacial score (nSPS) is 18.6. The van der Waals surface area contributed by atoms with Gasteiger partial charge in [-0.15, -0.1) is 0 Å². The monoisotopic (exact) mass is 957 g/mol. The molecule has 6 heterocycles. The average Bonchev–Trinajstić information content (AvgIpc) is 3.93. The number of likely N-dealkylation sites (tertiary alicyclic amines) is 1. The number of carbonyl (C=O) groups excluding carboxylic acids is 4. The number of rotatable bonds is 4. The molecule has 2 saturated heterocycles. The van der Waals surface area contributed by atoms with Crippen LogP contribution in [0.4, 0.5) is 45.5 Å². The maximum atomic E-state index is 13.0. The molecule has 6 aliphatic rings. The molecule has 3 N–H and O–H groups in total. The van der Waals surface area contributed by atoms with Crippen molar-refractivity contribution in [2.75, 3.05) is 104 Å². The number of nitrogens with zero attached hydrogens (tertiary/aromatic N) is 9. The molecule has 0 spiro atoms. The number of nitriles is 1. The number of non-ortho nitro benzene ring substituents is 2. The molecule has 4 aromatic rings. The van der Waals surface area contributed by atoms with Gasteiger partial charge in [-0.3, -0.25) is 43.7 Å². The summed E-state index contributed by atoms with van der Waals surface area (Å²) in [5.74, 6) is 1.25. The van der Waals surface area contributed by atoms with Gasteiger partial charge in [0.15, 0.2) is 38.4 Å². The summed E-state index contributed by atoms with van der Waals surface area (Å²) >= 11 is 0. The van der Waals surface area contributed by atoms with Gasteiger partial charge in [0.2, 0.25) is 0 Å². The fraction of sp³-hybridized carbons (Fsp3) is 0.310. The number of likely N-dealkylation sites (N-methyl/N-ethyl adjacent to an activating group) is 3. The average molecular weight is 958 g/mol. The van der Waals surface area contributed by atoms with Crippen LogP contribution in [0.1, 0.15) is 6.42 Å². The van der Waals surface area contributed by atoms with Crippen molar-refractivity contribution in [1.29, 1.82) is 5.26 Å². The van der Waals surface area contributed by atoms with Crippen LogP contribution in [-0.4, -0.2) is 131 Å². The Hall–Kier alpha value is -8.44. The molecule has 0 aliphatic carbocycles. The van der Waals surface area contributed by atoms with Gasteiger partial charge in [-0.25, -0.2) is 0 Å². The summed E-state index contributed by atoms with van der Waals surface area (Å²) in [6, 6.07) is 18.3. The second-order valence-corrected chi connectivity index (χ2v) is 17.3. The number of fused-ring (bicyclic) bond motifs is 4. The van der Waals surface area contributed by atoms with Crippen molar-refractivity contribution in [2.24, 2.45) is 0 Å². The van der Waals surface area contributed by atoms with Crippen LogP contribution in [0, 0.1) is 31.7 Å². The topological polar surface area (TPSA) is 307 Å². The minimum absolute atomic E-state index is 0.0442. The Labute approximate surface area is 387 Å². The molecular weight excluding hydrogens is 915 g/mol. The Morgan fingerprint density at radius 1 is 0.676 bits per heavy atom. The molecule has 10 rings (SSSR count). The lowest BCUT2D eigenvalue weighted by Gasteiger charge is -2.28. The molecule has 6 aliphatic heterocycles. The summed E-state index contributed by atoms with van der Waals surface area (Å²) < 4.78 is 49.6. The maximum absolute atomic E-state index is 13.0. The SMILES string of the molecule is CN1C(=O)COc2cc(N)ccc21.CN1C(=O)COc2cc(N3CCN([C@@H]4CCN(C#N)C4)S3(=O)=O)ccc21.CN1C(=O)COc2cc([N+](=O)[O-])ccc21.O=C1COc2cc([N+](=O)[O-])ccc2N1. The summed E-state index contributed by atoms with van der Waals surface area (Å²) in [4.78, 5) is 71.0. The standard InChI is InChI=1S/C16H19N5O4S.C9H8N2O4.C9H10N2O2.C8H6N2O4/c1-18-14-3-2-12(8-15(14)25-10-16(18)22)20-6-7-21(26(20,23)24)13-4-5-19(9-13)11-17;1-10-7-3-2-6(11(13)14)4-8(7)15-5-9(10)12;1-11-7-3-2-6(10)4-8(7)13-5-9(11)12;11-8-4-14-7-3-5(10(12)13)1-2-6(7)9-8/h2-3,8,13H,4-7,9-10H2,1H3;2-4H,5H2,1H3;2-4H,5,10H2,1H3;1-3H,4H2,(H,9,11)/t13-;;;/m1.../s1. The quantitative estimate of drug-likeness (QED) is 0.128. The number of benzene rings is 4. The molecular formula is C42H43N11O14S. The third kappa shape index (κ3) is 10.0. The third-order valence-electron chi connectivity index (χ3n) is 11.2. The number of hydrogen-bond donors (Lipinski definition) is 2. The van der Waals surface area contributed by atoms with E-state index in [-0.39, 0.29) is 67.5 Å². The number of nitrogen functional groups attached to an aromatic ring is 1. The van der Waals surface area contributed by atoms with Gasteiger partial charge in [0.25, 0.3) is 35.0 Å². The van der Waals surface area contributed by atoms with Crippen molar-refractivity contribution in [3.05, 3.63) is 93.0 Å². The number of nitro groups is 2. The molecule has 0 aromatic heterocycles. The van der Waals surface area contributed by atoms with Crippen molar-refractivity contribution in [3.8, 4) is 29.2 Å². The lowest BCUT2D eigenvalue weighted by Crippen LogP contribution is -2.41. The first-order valence-corrected chi connectivity index (χ1v) is 21.9. The molecule has 0 unspecified atom stereocenters. The molecule has 4 amide bonds. The van der Waals surface area contributed by atoms with Gasteiger partial charge in [0.05, 0.1) is 50.4 Å². The predicted octanol–water partition coefficient (Wildman–Crippen LogP) is 2.46. The first-order valence-electron chi connectivity index (χ1n) is 20.5.